The number of nitrogens with one attached hydrogen (secondary N) is 1. The van der Waals surface area contributed by atoms with E-state index in [1.54, 1.807) is 6.20 Å². The molecule has 2 aromatic heterocycles. The zero-order chi connectivity index (χ0) is 15.6. The summed E-state index contributed by atoms with van der Waals surface area (Å²) in [5.74, 6) is 0. The molecule has 0 saturated carbocycles. The lowest BCUT2D eigenvalue weighted by Crippen LogP contribution is -2.34. The molecule has 0 aromatic carbocycles. The number of hydrogen-bond acceptors (Lipinski definition) is 5. The molecule has 118 valence electrons. The Bertz CT molecular complexity index is 727. The lowest BCUT2D eigenvalue weighted by Gasteiger charge is -2.35. The first-order chi connectivity index (χ1) is 10.6. The van der Waals surface area contributed by atoms with Crippen LogP contribution in [0.25, 0.3) is 0 Å². The highest BCUT2D eigenvalue weighted by molar-refractivity contribution is 7.90. The molecule has 1 atom stereocenters. The van der Waals surface area contributed by atoms with Gasteiger partial charge in [0, 0.05) is 19.0 Å². The molecule has 2 aromatic rings. The average Bonchev–Trinajstić information content (AvgIpc) is 2.98. The molecule has 1 saturated heterocycles. The predicted octanol–water partition coefficient (Wildman–Crippen LogP) is 1.94. The van der Waals surface area contributed by atoms with Gasteiger partial charge in [-0.15, -0.1) is 0 Å². The van der Waals surface area contributed by atoms with Crippen molar-refractivity contribution in [3.8, 4) is 0 Å². The van der Waals surface area contributed by atoms with Crippen molar-refractivity contribution in [2.45, 2.75) is 36.7 Å². The van der Waals surface area contributed by atoms with Gasteiger partial charge in [-0.25, -0.2) is 8.42 Å². The minimum absolute atomic E-state index is 0.0444. The average molecular weight is 320 g/mol. The number of nitrogens with zero attached hydrogens (tertiary/aromatic N) is 3. The summed E-state index contributed by atoms with van der Waals surface area (Å²) in [6.07, 6.45) is 7.56. The number of aromatic amines is 1. The molecule has 3 heterocycles. The molecule has 3 rings (SSSR count). The first-order valence-electron chi connectivity index (χ1n) is 7.43. The maximum atomic E-state index is 11.9. The molecule has 0 aliphatic carbocycles. The number of rotatable bonds is 4. The van der Waals surface area contributed by atoms with Crippen molar-refractivity contribution in [2.24, 2.45) is 0 Å². The Morgan fingerprint density at radius 1 is 1.36 bits per heavy atom. The van der Waals surface area contributed by atoms with Gasteiger partial charge >= 0.3 is 0 Å². The molecule has 0 bridgehead atoms. The summed E-state index contributed by atoms with van der Waals surface area (Å²) in [4.78, 5) is 6.97. The van der Waals surface area contributed by atoms with Crippen molar-refractivity contribution in [3.05, 3.63) is 42.0 Å². The zero-order valence-corrected chi connectivity index (χ0v) is 13.4. The summed E-state index contributed by atoms with van der Waals surface area (Å²) in [5.41, 5.74) is 1.70. The smallest absolute Gasteiger partial charge is 0.178 e. The van der Waals surface area contributed by atoms with Crippen LogP contribution in [0.2, 0.25) is 0 Å². The van der Waals surface area contributed by atoms with E-state index in [2.05, 4.69) is 20.1 Å². The third-order valence-corrected chi connectivity index (χ3v) is 5.19. The van der Waals surface area contributed by atoms with Gasteiger partial charge < -0.3 is 0 Å². The van der Waals surface area contributed by atoms with E-state index in [1.165, 1.54) is 12.5 Å². The summed E-state index contributed by atoms with van der Waals surface area (Å²) in [5, 5.41) is 6.87. The third kappa shape index (κ3) is 3.20. The Kier molecular flexibility index (Phi) is 4.26. The molecular formula is C15H20N4O2S. The van der Waals surface area contributed by atoms with Crippen LogP contribution in [0, 0.1) is 0 Å². The summed E-state index contributed by atoms with van der Waals surface area (Å²) < 4.78 is 23.9. The van der Waals surface area contributed by atoms with E-state index >= 15 is 0 Å². The monoisotopic (exact) mass is 320 g/mol. The molecule has 1 aliphatic rings. The van der Waals surface area contributed by atoms with Crippen molar-refractivity contribution in [1.82, 2.24) is 20.1 Å². The number of H-pyrrole nitrogens is 1. The Morgan fingerprint density at radius 3 is 2.95 bits per heavy atom. The van der Waals surface area contributed by atoms with Crippen LogP contribution in [-0.4, -0.2) is 41.3 Å². The Morgan fingerprint density at radius 2 is 2.23 bits per heavy atom. The van der Waals surface area contributed by atoms with E-state index in [1.807, 2.05) is 18.2 Å². The van der Waals surface area contributed by atoms with E-state index in [-0.39, 0.29) is 6.04 Å². The largest absolute Gasteiger partial charge is 0.289 e. The molecule has 0 amide bonds. The van der Waals surface area contributed by atoms with Gasteiger partial charge in [0.2, 0.25) is 0 Å². The van der Waals surface area contributed by atoms with E-state index in [4.69, 9.17) is 0 Å². The van der Waals surface area contributed by atoms with Gasteiger partial charge in [0.05, 0.1) is 23.6 Å². The second-order valence-electron chi connectivity index (χ2n) is 5.72. The van der Waals surface area contributed by atoms with Gasteiger partial charge in [-0.2, -0.15) is 5.10 Å². The fraction of sp³-hybridized carbons (Fsp3) is 0.467. The van der Waals surface area contributed by atoms with Gasteiger partial charge in [-0.1, -0.05) is 12.5 Å². The SMILES string of the molecule is CS(=O)(=O)c1cn[nH]c1C1CCCCN1Cc1ccccn1. The zero-order valence-electron chi connectivity index (χ0n) is 12.6. The van der Waals surface area contributed by atoms with Crippen LogP contribution >= 0.6 is 0 Å². The Balaban J connectivity index is 1.89. The van der Waals surface area contributed by atoms with Crippen molar-refractivity contribution in [2.75, 3.05) is 12.8 Å². The molecular weight excluding hydrogens is 300 g/mol. The van der Waals surface area contributed by atoms with Crippen molar-refractivity contribution in [3.63, 3.8) is 0 Å². The number of hydrogen-bond donors (Lipinski definition) is 1. The van der Waals surface area contributed by atoms with Gasteiger partial charge in [0.25, 0.3) is 0 Å². The predicted molar refractivity (Wildman–Crippen MR) is 82.9 cm³/mol. The van der Waals surface area contributed by atoms with E-state index in [9.17, 15) is 8.42 Å². The van der Waals surface area contributed by atoms with Crippen LogP contribution in [-0.2, 0) is 16.4 Å². The topological polar surface area (TPSA) is 79.0 Å². The summed E-state index contributed by atoms with van der Waals surface area (Å²) in [7, 11) is -3.27. The maximum absolute atomic E-state index is 11.9. The molecule has 1 aliphatic heterocycles. The number of likely N-dealkylation sites (tertiary alicyclic amines) is 1. The minimum Gasteiger partial charge on any atom is -0.289 e. The van der Waals surface area contributed by atoms with Gasteiger partial charge in [-0.3, -0.25) is 15.0 Å². The molecule has 0 radical (unpaired) electrons. The molecule has 1 fully saturated rings. The second kappa shape index (κ2) is 6.18. The van der Waals surface area contributed by atoms with Crippen LogP contribution in [0.4, 0.5) is 0 Å². The summed E-state index contributed by atoms with van der Waals surface area (Å²) in [6, 6.07) is 5.91. The first kappa shape index (κ1) is 15.2. The van der Waals surface area contributed by atoms with Crippen LogP contribution < -0.4 is 0 Å². The fourth-order valence-electron chi connectivity index (χ4n) is 3.03. The fourth-order valence-corrected chi connectivity index (χ4v) is 3.85. The molecule has 0 spiro atoms. The van der Waals surface area contributed by atoms with Crippen LogP contribution in [0.1, 0.15) is 36.7 Å². The number of piperidine rings is 1. The highest BCUT2D eigenvalue weighted by Crippen LogP contribution is 2.33. The van der Waals surface area contributed by atoms with Gasteiger partial charge in [-0.05, 0) is 31.5 Å². The van der Waals surface area contributed by atoms with Crippen molar-refractivity contribution >= 4 is 9.84 Å². The third-order valence-electron chi connectivity index (χ3n) is 4.07. The lowest BCUT2D eigenvalue weighted by atomic mass is 9.99. The van der Waals surface area contributed by atoms with Crippen LogP contribution in [0.3, 0.4) is 0 Å². The Hall–Kier alpha value is -1.73. The quantitative estimate of drug-likeness (QED) is 0.931. The van der Waals surface area contributed by atoms with E-state index in [0.29, 0.717) is 17.1 Å². The second-order valence-corrected chi connectivity index (χ2v) is 7.71. The van der Waals surface area contributed by atoms with Crippen LogP contribution in [0.15, 0.2) is 35.5 Å². The van der Waals surface area contributed by atoms with Crippen molar-refractivity contribution in [1.29, 1.82) is 0 Å². The van der Waals surface area contributed by atoms with E-state index < -0.39 is 9.84 Å². The molecule has 6 nitrogen and oxygen atoms in total. The van der Waals surface area contributed by atoms with Gasteiger partial charge in [0.1, 0.15) is 4.90 Å². The molecule has 1 N–H and O–H groups in total. The minimum atomic E-state index is -3.27. The summed E-state index contributed by atoms with van der Waals surface area (Å²) >= 11 is 0. The summed E-state index contributed by atoms with van der Waals surface area (Å²) in [6.45, 7) is 1.65. The van der Waals surface area contributed by atoms with Crippen LogP contribution in [0.5, 0.6) is 0 Å². The highest BCUT2D eigenvalue weighted by Gasteiger charge is 2.30. The highest BCUT2D eigenvalue weighted by atomic mass is 32.2. The standard InChI is InChI=1S/C15H20N4O2S/c1-22(20,21)14-10-17-18-15(14)13-7-3-5-9-19(13)11-12-6-2-4-8-16-12/h2,4,6,8,10,13H,3,5,7,9,11H2,1H3,(H,17,18). The van der Waals surface area contributed by atoms with E-state index in [0.717, 1.165) is 31.5 Å². The Labute approximate surface area is 130 Å². The maximum Gasteiger partial charge on any atom is 0.178 e. The first-order valence-corrected chi connectivity index (χ1v) is 9.32. The van der Waals surface area contributed by atoms with Crippen molar-refractivity contribution < 1.29 is 8.42 Å². The lowest BCUT2D eigenvalue weighted by molar-refractivity contribution is 0.133. The number of aromatic nitrogens is 3. The molecule has 7 heteroatoms. The molecule has 1 unspecified atom stereocenters. The number of pyridine rings is 1. The molecule has 22 heavy (non-hydrogen) atoms. The van der Waals surface area contributed by atoms with Gasteiger partial charge in [0.15, 0.2) is 9.84 Å². The number of sulfone groups is 1. The normalized spacial score (nSPS) is 20.1.